The van der Waals surface area contributed by atoms with Crippen LogP contribution in [0.25, 0.3) is 0 Å². The molecule has 0 bridgehead atoms. The molecule has 0 rings (SSSR count). The third kappa shape index (κ3) is 4.50. The van der Waals surface area contributed by atoms with Gasteiger partial charge in [-0.15, -0.1) is 0 Å². The molecule has 1 atom stereocenters. The van der Waals surface area contributed by atoms with Crippen molar-refractivity contribution in [1.29, 1.82) is 0 Å². The largest absolute Gasteiger partial charge is 0.374 e. The molecule has 1 unspecified atom stereocenters. The summed E-state index contributed by atoms with van der Waals surface area (Å²) < 4.78 is 4.88. The molecule has 0 amide bonds. The monoisotopic (exact) mass is 144 g/mol. The Hall–Kier alpha value is -0.370. The number of aldehydes is 1. The highest BCUT2D eigenvalue weighted by molar-refractivity contribution is 5.55. The maximum atomic E-state index is 10.2. The third-order valence-corrected chi connectivity index (χ3v) is 1.48. The Morgan fingerprint density at radius 3 is 2.30 bits per heavy atom. The lowest BCUT2D eigenvalue weighted by molar-refractivity contribution is -0.116. The van der Waals surface area contributed by atoms with Crippen LogP contribution in [0.3, 0.4) is 0 Å². The molecular formula is C8H16O2. The zero-order valence-electron chi connectivity index (χ0n) is 6.96. The lowest BCUT2D eigenvalue weighted by Gasteiger charge is -2.08. The SMILES string of the molecule is COC(C=O)CCC(C)C. The molecule has 0 N–H and O–H groups in total. The van der Waals surface area contributed by atoms with E-state index >= 15 is 0 Å². The van der Waals surface area contributed by atoms with Crippen LogP contribution in [0.15, 0.2) is 0 Å². The lowest BCUT2D eigenvalue weighted by atomic mass is 10.1. The van der Waals surface area contributed by atoms with E-state index in [0.29, 0.717) is 5.92 Å². The van der Waals surface area contributed by atoms with Gasteiger partial charge in [0, 0.05) is 7.11 Å². The molecular weight excluding hydrogens is 128 g/mol. The standard InChI is InChI=1S/C8H16O2/c1-7(2)4-5-8(6-9)10-3/h6-8H,4-5H2,1-3H3. The first-order chi connectivity index (χ1) is 4.70. The summed E-state index contributed by atoms with van der Waals surface area (Å²) in [6.45, 7) is 4.27. The number of ether oxygens (including phenoxy) is 1. The van der Waals surface area contributed by atoms with Gasteiger partial charge in [-0.05, 0) is 18.8 Å². The summed E-state index contributed by atoms with van der Waals surface area (Å²) >= 11 is 0. The van der Waals surface area contributed by atoms with Crippen LogP contribution in [0.2, 0.25) is 0 Å². The van der Waals surface area contributed by atoms with Crippen molar-refractivity contribution in [3.05, 3.63) is 0 Å². The van der Waals surface area contributed by atoms with E-state index in [0.717, 1.165) is 19.1 Å². The van der Waals surface area contributed by atoms with E-state index in [2.05, 4.69) is 13.8 Å². The Morgan fingerprint density at radius 2 is 2.00 bits per heavy atom. The second kappa shape index (κ2) is 5.42. The predicted octanol–water partition coefficient (Wildman–Crippen LogP) is 1.64. The number of carbonyl (C=O) groups is 1. The van der Waals surface area contributed by atoms with E-state index in [-0.39, 0.29) is 6.10 Å². The van der Waals surface area contributed by atoms with Crippen molar-refractivity contribution in [2.24, 2.45) is 5.92 Å². The quantitative estimate of drug-likeness (QED) is 0.548. The first kappa shape index (κ1) is 9.63. The molecule has 0 aliphatic heterocycles. The molecule has 2 heteroatoms. The van der Waals surface area contributed by atoms with Gasteiger partial charge in [-0.2, -0.15) is 0 Å². The summed E-state index contributed by atoms with van der Waals surface area (Å²) in [6.07, 6.45) is 2.57. The minimum absolute atomic E-state index is 0.192. The summed E-state index contributed by atoms with van der Waals surface area (Å²) in [5, 5.41) is 0. The van der Waals surface area contributed by atoms with Crippen molar-refractivity contribution < 1.29 is 9.53 Å². The topological polar surface area (TPSA) is 26.3 Å². The number of methoxy groups -OCH3 is 1. The highest BCUT2D eigenvalue weighted by Gasteiger charge is 2.05. The Morgan fingerprint density at radius 1 is 1.40 bits per heavy atom. The van der Waals surface area contributed by atoms with Crippen LogP contribution in [0.5, 0.6) is 0 Å². The number of rotatable bonds is 5. The van der Waals surface area contributed by atoms with Gasteiger partial charge in [-0.3, -0.25) is 0 Å². The van der Waals surface area contributed by atoms with Crippen molar-refractivity contribution in [3.8, 4) is 0 Å². The van der Waals surface area contributed by atoms with E-state index in [9.17, 15) is 4.79 Å². The highest BCUT2D eigenvalue weighted by atomic mass is 16.5. The number of carbonyl (C=O) groups excluding carboxylic acids is 1. The summed E-state index contributed by atoms with van der Waals surface area (Å²) in [5.41, 5.74) is 0. The Kier molecular flexibility index (Phi) is 5.22. The van der Waals surface area contributed by atoms with Gasteiger partial charge < -0.3 is 9.53 Å². The summed E-state index contributed by atoms with van der Waals surface area (Å²) in [6, 6.07) is 0. The van der Waals surface area contributed by atoms with Gasteiger partial charge in [-0.1, -0.05) is 13.8 Å². The van der Waals surface area contributed by atoms with Crippen LogP contribution in [-0.2, 0) is 9.53 Å². The van der Waals surface area contributed by atoms with Gasteiger partial charge in [-0.25, -0.2) is 0 Å². The fraction of sp³-hybridized carbons (Fsp3) is 0.875. The second-order valence-corrected chi connectivity index (χ2v) is 2.88. The first-order valence-electron chi connectivity index (χ1n) is 3.68. The average Bonchev–Trinajstić information content (AvgIpc) is 1.90. The van der Waals surface area contributed by atoms with Crippen molar-refractivity contribution in [2.45, 2.75) is 32.8 Å². The zero-order valence-corrected chi connectivity index (χ0v) is 6.96. The molecule has 0 aliphatic rings. The Balaban J connectivity index is 3.34. The smallest absolute Gasteiger partial charge is 0.148 e. The van der Waals surface area contributed by atoms with Crippen molar-refractivity contribution in [3.63, 3.8) is 0 Å². The molecule has 0 saturated carbocycles. The van der Waals surface area contributed by atoms with Gasteiger partial charge >= 0.3 is 0 Å². The van der Waals surface area contributed by atoms with Gasteiger partial charge in [0.05, 0.1) is 0 Å². The van der Waals surface area contributed by atoms with Crippen LogP contribution >= 0.6 is 0 Å². The fourth-order valence-electron chi connectivity index (χ4n) is 0.739. The molecule has 0 spiro atoms. The van der Waals surface area contributed by atoms with E-state index in [1.165, 1.54) is 0 Å². The van der Waals surface area contributed by atoms with E-state index in [1.54, 1.807) is 7.11 Å². The molecule has 0 aromatic rings. The van der Waals surface area contributed by atoms with E-state index < -0.39 is 0 Å². The molecule has 0 aromatic carbocycles. The van der Waals surface area contributed by atoms with Gasteiger partial charge in [0.25, 0.3) is 0 Å². The number of hydrogen-bond acceptors (Lipinski definition) is 2. The molecule has 0 fully saturated rings. The van der Waals surface area contributed by atoms with Gasteiger partial charge in [0.1, 0.15) is 12.4 Å². The van der Waals surface area contributed by atoms with E-state index in [4.69, 9.17) is 4.74 Å². The van der Waals surface area contributed by atoms with Crippen LogP contribution in [0.4, 0.5) is 0 Å². The second-order valence-electron chi connectivity index (χ2n) is 2.88. The molecule has 0 radical (unpaired) electrons. The average molecular weight is 144 g/mol. The normalized spacial score (nSPS) is 13.6. The maximum Gasteiger partial charge on any atom is 0.148 e. The van der Waals surface area contributed by atoms with Crippen LogP contribution in [-0.4, -0.2) is 19.5 Å². The molecule has 60 valence electrons. The minimum atomic E-state index is -0.192. The number of hydrogen-bond donors (Lipinski definition) is 0. The van der Waals surface area contributed by atoms with Crippen molar-refractivity contribution in [2.75, 3.05) is 7.11 Å². The maximum absolute atomic E-state index is 10.2. The van der Waals surface area contributed by atoms with Crippen LogP contribution in [0, 0.1) is 5.92 Å². The highest BCUT2D eigenvalue weighted by Crippen LogP contribution is 2.06. The molecule has 0 heterocycles. The molecule has 2 nitrogen and oxygen atoms in total. The Bertz CT molecular complexity index is 89.3. The van der Waals surface area contributed by atoms with Crippen LogP contribution in [0.1, 0.15) is 26.7 Å². The van der Waals surface area contributed by atoms with Crippen LogP contribution < -0.4 is 0 Å². The molecule has 10 heavy (non-hydrogen) atoms. The van der Waals surface area contributed by atoms with Gasteiger partial charge in [0.15, 0.2) is 0 Å². The molecule has 0 aromatic heterocycles. The predicted molar refractivity (Wildman–Crippen MR) is 40.9 cm³/mol. The lowest BCUT2D eigenvalue weighted by Crippen LogP contribution is -2.12. The third-order valence-electron chi connectivity index (χ3n) is 1.48. The fourth-order valence-corrected chi connectivity index (χ4v) is 0.739. The first-order valence-corrected chi connectivity index (χ1v) is 3.68. The van der Waals surface area contributed by atoms with Crippen molar-refractivity contribution >= 4 is 6.29 Å². The van der Waals surface area contributed by atoms with Crippen molar-refractivity contribution in [1.82, 2.24) is 0 Å². The Labute approximate surface area is 62.6 Å². The minimum Gasteiger partial charge on any atom is -0.374 e. The summed E-state index contributed by atoms with van der Waals surface area (Å²) in [7, 11) is 1.57. The van der Waals surface area contributed by atoms with E-state index in [1.807, 2.05) is 0 Å². The molecule has 0 saturated heterocycles. The molecule has 0 aliphatic carbocycles. The zero-order chi connectivity index (χ0) is 7.98. The van der Waals surface area contributed by atoms with Gasteiger partial charge in [0.2, 0.25) is 0 Å². The summed E-state index contributed by atoms with van der Waals surface area (Å²) in [5.74, 6) is 0.651. The summed E-state index contributed by atoms with van der Waals surface area (Å²) in [4.78, 5) is 10.2.